The van der Waals surface area contributed by atoms with E-state index in [4.69, 9.17) is 5.73 Å². The number of hydrogen-bond acceptors (Lipinski definition) is 1. The minimum absolute atomic E-state index is 0.296. The molecule has 0 aromatic rings. The van der Waals surface area contributed by atoms with Crippen LogP contribution in [0.2, 0.25) is 0 Å². The van der Waals surface area contributed by atoms with Gasteiger partial charge in [0.1, 0.15) is 0 Å². The fourth-order valence-corrected chi connectivity index (χ4v) is 2.03. The highest BCUT2D eigenvalue weighted by Crippen LogP contribution is 2.30. The number of hydrogen-bond donors (Lipinski definition) is 1. The Hall–Kier alpha value is -0.560. The molecular formula is C12H21N. The van der Waals surface area contributed by atoms with E-state index in [0.29, 0.717) is 6.04 Å². The topological polar surface area (TPSA) is 26.0 Å². The highest BCUT2D eigenvalue weighted by molar-refractivity contribution is 5.34. The Morgan fingerprint density at radius 2 is 2.23 bits per heavy atom. The molecule has 0 saturated carbocycles. The highest BCUT2D eigenvalue weighted by Gasteiger charge is 2.20. The van der Waals surface area contributed by atoms with E-state index < -0.39 is 0 Å². The largest absolute Gasteiger partial charge is 0.324 e. The first-order valence-electron chi connectivity index (χ1n) is 5.25. The normalized spacial score (nSPS) is 23.9. The summed E-state index contributed by atoms with van der Waals surface area (Å²) in [5, 5.41) is 0. The lowest BCUT2D eigenvalue weighted by Gasteiger charge is -2.08. The standard InChI is InChI=1S/C12H21N/c1-4-5-11-10(8-9(2)3)6-7-12(11)13/h4-5,9,12H,6-8,13H2,1-3H3/b5-4-/t12-/m1/s1. The molecule has 13 heavy (non-hydrogen) atoms. The molecule has 74 valence electrons. The van der Waals surface area contributed by atoms with Gasteiger partial charge in [0.05, 0.1) is 0 Å². The van der Waals surface area contributed by atoms with Gasteiger partial charge in [0.15, 0.2) is 0 Å². The van der Waals surface area contributed by atoms with Gasteiger partial charge >= 0.3 is 0 Å². The molecule has 0 aliphatic heterocycles. The van der Waals surface area contributed by atoms with Gasteiger partial charge in [-0.3, -0.25) is 0 Å². The fourth-order valence-electron chi connectivity index (χ4n) is 2.03. The molecular weight excluding hydrogens is 158 g/mol. The van der Waals surface area contributed by atoms with Crippen LogP contribution in [-0.4, -0.2) is 6.04 Å². The highest BCUT2D eigenvalue weighted by atomic mass is 14.6. The zero-order valence-electron chi connectivity index (χ0n) is 9.01. The maximum Gasteiger partial charge on any atom is 0.0297 e. The molecule has 1 aliphatic rings. The predicted octanol–water partition coefficient (Wildman–Crippen LogP) is 3.03. The summed E-state index contributed by atoms with van der Waals surface area (Å²) >= 11 is 0. The van der Waals surface area contributed by atoms with E-state index in [2.05, 4.69) is 32.9 Å². The van der Waals surface area contributed by atoms with Crippen molar-refractivity contribution in [2.45, 2.75) is 46.1 Å². The van der Waals surface area contributed by atoms with Crippen LogP contribution < -0.4 is 5.73 Å². The number of allylic oxidation sites excluding steroid dienone is 2. The van der Waals surface area contributed by atoms with Crippen molar-refractivity contribution in [3.63, 3.8) is 0 Å². The number of rotatable bonds is 3. The third-order valence-electron chi connectivity index (χ3n) is 2.57. The SMILES string of the molecule is C/C=C\C1=C(CC(C)C)CC[C@H]1N. The summed E-state index contributed by atoms with van der Waals surface area (Å²) in [4.78, 5) is 0. The third-order valence-corrected chi connectivity index (χ3v) is 2.57. The first kappa shape index (κ1) is 10.5. The van der Waals surface area contributed by atoms with Crippen molar-refractivity contribution >= 4 is 0 Å². The van der Waals surface area contributed by atoms with Crippen molar-refractivity contribution in [2.24, 2.45) is 11.7 Å². The lowest BCUT2D eigenvalue weighted by atomic mass is 9.99. The van der Waals surface area contributed by atoms with Crippen LogP contribution in [-0.2, 0) is 0 Å². The maximum atomic E-state index is 6.02. The van der Waals surface area contributed by atoms with E-state index in [-0.39, 0.29) is 0 Å². The average molecular weight is 179 g/mol. The van der Waals surface area contributed by atoms with Gasteiger partial charge in [-0.15, -0.1) is 0 Å². The molecule has 0 aromatic carbocycles. The molecule has 1 rings (SSSR count). The average Bonchev–Trinajstić information content (AvgIpc) is 2.35. The molecule has 1 atom stereocenters. The van der Waals surface area contributed by atoms with Crippen LogP contribution in [0.15, 0.2) is 23.3 Å². The zero-order valence-corrected chi connectivity index (χ0v) is 9.01. The molecule has 0 saturated heterocycles. The van der Waals surface area contributed by atoms with Gasteiger partial charge in [0, 0.05) is 6.04 Å². The molecule has 0 heterocycles. The molecule has 0 radical (unpaired) electrons. The first-order valence-corrected chi connectivity index (χ1v) is 5.25. The summed E-state index contributed by atoms with van der Waals surface area (Å²) in [7, 11) is 0. The van der Waals surface area contributed by atoms with E-state index in [1.165, 1.54) is 18.4 Å². The second kappa shape index (κ2) is 4.61. The Bertz CT molecular complexity index is 223. The molecule has 1 aliphatic carbocycles. The molecule has 0 bridgehead atoms. The van der Waals surface area contributed by atoms with E-state index >= 15 is 0 Å². The Morgan fingerprint density at radius 3 is 2.77 bits per heavy atom. The predicted molar refractivity (Wildman–Crippen MR) is 58.5 cm³/mol. The van der Waals surface area contributed by atoms with Crippen LogP contribution in [0.3, 0.4) is 0 Å². The molecule has 0 aromatic heterocycles. The Balaban J connectivity index is 2.76. The van der Waals surface area contributed by atoms with Crippen molar-refractivity contribution in [3.8, 4) is 0 Å². The van der Waals surface area contributed by atoms with Crippen LogP contribution >= 0.6 is 0 Å². The Labute approximate surface area is 81.7 Å². The quantitative estimate of drug-likeness (QED) is 0.708. The van der Waals surface area contributed by atoms with Crippen molar-refractivity contribution in [2.75, 3.05) is 0 Å². The maximum absolute atomic E-state index is 6.02. The van der Waals surface area contributed by atoms with Crippen molar-refractivity contribution in [3.05, 3.63) is 23.3 Å². The lowest BCUT2D eigenvalue weighted by molar-refractivity contribution is 0.628. The minimum Gasteiger partial charge on any atom is -0.324 e. The van der Waals surface area contributed by atoms with Crippen molar-refractivity contribution < 1.29 is 0 Å². The second-order valence-corrected chi connectivity index (χ2v) is 4.30. The monoisotopic (exact) mass is 179 g/mol. The molecule has 0 spiro atoms. The smallest absolute Gasteiger partial charge is 0.0297 e. The van der Waals surface area contributed by atoms with Crippen LogP contribution in [0.5, 0.6) is 0 Å². The second-order valence-electron chi connectivity index (χ2n) is 4.30. The summed E-state index contributed by atoms with van der Waals surface area (Å²) in [5.74, 6) is 0.751. The molecule has 1 nitrogen and oxygen atoms in total. The summed E-state index contributed by atoms with van der Waals surface area (Å²) in [5.41, 5.74) is 9.01. The van der Waals surface area contributed by atoms with Gasteiger partial charge in [0.2, 0.25) is 0 Å². The number of nitrogens with two attached hydrogens (primary N) is 1. The van der Waals surface area contributed by atoms with Gasteiger partial charge < -0.3 is 5.73 Å². The van der Waals surface area contributed by atoms with E-state index in [1.807, 2.05) is 0 Å². The fraction of sp³-hybridized carbons (Fsp3) is 0.667. The van der Waals surface area contributed by atoms with Gasteiger partial charge in [-0.25, -0.2) is 0 Å². The van der Waals surface area contributed by atoms with Crippen LogP contribution in [0.25, 0.3) is 0 Å². The van der Waals surface area contributed by atoms with E-state index in [0.717, 1.165) is 12.3 Å². The van der Waals surface area contributed by atoms with E-state index in [1.54, 1.807) is 5.57 Å². The summed E-state index contributed by atoms with van der Waals surface area (Å²) < 4.78 is 0. The summed E-state index contributed by atoms with van der Waals surface area (Å²) in [6.45, 7) is 6.60. The molecule has 0 fully saturated rings. The molecule has 0 unspecified atom stereocenters. The van der Waals surface area contributed by atoms with Crippen molar-refractivity contribution in [1.82, 2.24) is 0 Å². The van der Waals surface area contributed by atoms with Crippen LogP contribution in [0.1, 0.15) is 40.0 Å². The summed E-state index contributed by atoms with van der Waals surface area (Å²) in [6.07, 6.45) is 7.85. The van der Waals surface area contributed by atoms with Gasteiger partial charge in [0.25, 0.3) is 0 Å². The molecule has 0 amide bonds. The Kier molecular flexibility index (Phi) is 3.73. The minimum atomic E-state index is 0.296. The van der Waals surface area contributed by atoms with Crippen LogP contribution in [0, 0.1) is 5.92 Å². The Morgan fingerprint density at radius 1 is 1.54 bits per heavy atom. The molecule has 2 N–H and O–H groups in total. The van der Waals surface area contributed by atoms with Gasteiger partial charge in [-0.1, -0.05) is 31.6 Å². The lowest BCUT2D eigenvalue weighted by Crippen LogP contribution is -2.17. The summed E-state index contributed by atoms with van der Waals surface area (Å²) in [6, 6.07) is 0.296. The van der Waals surface area contributed by atoms with Crippen LogP contribution in [0.4, 0.5) is 0 Å². The molecule has 1 heteroatoms. The van der Waals surface area contributed by atoms with E-state index in [9.17, 15) is 0 Å². The van der Waals surface area contributed by atoms with Crippen molar-refractivity contribution in [1.29, 1.82) is 0 Å². The third kappa shape index (κ3) is 2.70. The zero-order chi connectivity index (χ0) is 9.84. The van der Waals surface area contributed by atoms with Gasteiger partial charge in [-0.05, 0) is 37.7 Å². The first-order chi connectivity index (χ1) is 6.15. The van der Waals surface area contributed by atoms with Gasteiger partial charge in [-0.2, -0.15) is 0 Å².